The number of thiazole rings is 1. The predicted molar refractivity (Wildman–Crippen MR) is 100 cm³/mol. The number of amides is 2. The van der Waals surface area contributed by atoms with Gasteiger partial charge in [0, 0.05) is 31.3 Å². The highest BCUT2D eigenvalue weighted by Crippen LogP contribution is 2.15. The Labute approximate surface area is 156 Å². The second-order valence-electron chi connectivity index (χ2n) is 5.41. The molecule has 0 aliphatic heterocycles. The molecule has 0 atom stereocenters. The van der Waals surface area contributed by atoms with E-state index in [1.54, 1.807) is 24.3 Å². The van der Waals surface area contributed by atoms with E-state index in [0.717, 1.165) is 5.69 Å². The molecule has 0 spiro atoms. The van der Waals surface area contributed by atoms with Crippen LogP contribution in [0, 0.1) is 0 Å². The highest BCUT2D eigenvalue weighted by molar-refractivity contribution is 7.09. The number of nitrogens with zero attached hydrogens (tertiary/aromatic N) is 2. The molecule has 1 aromatic heterocycles. The fourth-order valence-corrected chi connectivity index (χ4v) is 3.00. The Morgan fingerprint density at radius 3 is 2.73 bits per heavy atom. The normalized spacial score (nSPS) is 10.4. The van der Waals surface area contributed by atoms with Crippen molar-refractivity contribution in [3.05, 3.63) is 46.4 Å². The third-order valence-corrected chi connectivity index (χ3v) is 4.28. The lowest BCUT2D eigenvalue weighted by molar-refractivity contribution is 0.0520. The van der Waals surface area contributed by atoms with E-state index in [1.807, 2.05) is 30.3 Å². The first-order valence-corrected chi connectivity index (χ1v) is 9.23. The van der Waals surface area contributed by atoms with Gasteiger partial charge in [0.25, 0.3) is 0 Å². The standard InChI is InChI=1S/C18H23N3O4S/c1-3-25-17(22)15-13-26-16(20-15)12-21(10-7-11-24-2)18(23)19-14-8-5-4-6-9-14/h4-6,8-9,13H,3,7,10-12H2,1-2H3,(H,19,23). The van der Waals surface area contributed by atoms with Gasteiger partial charge in [-0.05, 0) is 25.5 Å². The number of anilines is 1. The number of rotatable bonds is 9. The summed E-state index contributed by atoms with van der Waals surface area (Å²) in [5.74, 6) is -0.449. The van der Waals surface area contributed by atoms with E-state index >= 15 is 0 Å². The van der Waals surface area contributed by atoms with Crippen molar-refractivity contribution in [2.75, 3.05) is 32.2 Å². The van der Waals surface area contributed by atoms with Gasteiger partial charge in [-0.15, -0.1) is 11.3 Å². The number of benzene rings is 1. The Morgan fingerprint density at radius 1 is 1.27 bits per heavy atom. The number of urea groups is 1. The minimum absolute atomic E-state index is 0.222. The molecule has 0 radical (unpaired) electrons. The van der Waals surface area contributed by atoms with Crippen LogP contribution in [0.3, 0.4) is 0 Å². The van der Waals surface area contributed by atoms with Gasteiger partial charge in [-0.25, -0.2) is 14.6 Å². The molecule has 26 heavy (non-hydrogen) atoms. The van der Waals surface area contributed by atoms with Crippen LogP contribution in [0.4, 0.5) is 10.5 Å². The molecule has 0 saturated carbocycles. The van der Waals surface area contributed by atoms with E-state index in [-0.39, 0.29) is 11.7 Å². The Balaban J connectivity index is 2.04. The van der Waals surface area contributed by atoms with Crippen LogP contribution in [-0.2, 0) is 16.0 Å². The molecule has 1 aromatic carbocycles. The third kappa shape index (κ3) is 6.12. The predicted octanol–water partition coefficient (Wildman–Crippen LogP) is 3.39. The fourth-order valence-electron chi connectivity index (χ4n) is 2.22. The minimum atomic E-state index is -0.449. The Hall–Kier alpha value is -2.45. The van der Waals surface area contributed by atoms with Crippen LogP contribution < -0.4 is 5.32 Å². The topological polar surface area (TPSA) is 80.8 Å². The van der Waals surface area contributed by atoms with E-state index in [9.17, 15) is 9.59 Å². The summed E-state index contributed by atoms with van der Waals surface area (Å²) in [4.78, 5) is 30.3. The number of nitrogens with one attached hydrogen (secondary N) is 1. The van der Waals surface area contributed by atoms with Crippen molar-refractivity contribution in [1.29, 1.82) is 0 Å². The average molecular weight is 377 g/mol. The average Bonchev–Trinajstić information content (AvgIpc) is 3.11. The summed E-state index contributed by atoms with van der Waals surface area (Å²) in [7, 11) is 1.63. The van der Waals surface area contributed by atoms with Gasteiger partial charge >= 0.3 is 12.0 Å². The number of ether oxygens (including phenoxy) is 2. The summed E-state index contributed by atoms with van der Waals surface area (Å²) in [6, 6.07) is 9.04. The van der Waals surface area contributed by atoms with Gasteiger partial charge in [0.05, 0.1) is 13.2 Å². The number of hydrogen-bond acceptors (Lipinski definition) is 6. The van der Waals surface area contributed by atoms with Gasteiger partial charge in [0.2, 0.25) is 0 Å². The molecule has 0 aliphatic rings. The lowest BCUT2D eigenvalue weighted by atomic mass is 10.3. The number of esters is 1. The third-order valence-electron chi connectivity index (χ3n) is 3.45. The second kappa shape index (κ2) is 10.5. The van der Waals surface area contributed by atoms with Crippen molar-refractivity contribution >= 4 is 29.0 Å². The van der Waals surface area contributed by atoms with Crippen molar-refractivity contribution in [2.45, 2.75) is 19.9 Å². The zero-order valence-electron chi connectivity index (χ0n) is 14.9. The number of carbonyl (C=O) groups is 2. The first-order chi connectivity index (χ1) is 12.6. The molecule has 0 unspecified atom stereocenters. The number of methoxy groups -OCH3 is 1. The molecule has 1 heterocycles. The van der Waals surface area contributed by atoms with Crippen LogP contribution in [0.5, 0.6) is 0 Å². The number of aromatic nitrogens is 1. The van der Waals surface area contributed by atoms with Gasteiger partial charge in [-0.1, -0.05) is 18.2 Å². The summed E-state index contributed by atoms with van der Waals surface area (Å²) in [5.41, 5.74) is 0.993. The summed E-state index contributed by atoms with van der Waals surface area (Å²) in [6.07, 6.45) is 0.703. The van der Waals surface area contributed by atoms with E-state index in [0.29, 0.717) is 37.7 Å². The van der Waals surface area contributed by atoms with E-state index in [2.05, 4.69) is 10.3 Å². The maximum atomic E-state index is 12.6. The summed E-state index contributed by atoms with van der Waals surface area (Å²) in [6.45, 7) is 3.43. The maximum absolute atomic E-state index is 12.6. The molecule has 2 amide bonds. The van der Waals surface area contributed by atoms with Crippen LogP contribution in [0.15, 0.2) is 35.7 Å². The SMILES string of the molecule is CCOC(=O)c1csc(CN(CCCOC)C(=O)Nc2ccccc2)n1. The van der Waals surface area contributed by atoms with E-state index in [1.165, 1.54) is 11.3 Å². The van der Waals surface area contributed by atoms with Crippen molar-refractivity contribution in [3.8, 4) is 0 Å². The van der Waals surface area contributed by atoms with Crippen molar-refractivity contribution in [3.63, 3.8) is 0 Å². The molecule has 7 nitrogen and oxygen atoms in total. The van der Waals surface area contributed by atoms with Gasteiger partial charge < -0.3 is 19.7 Å². The Morgan fingerprint density at radius 2 is 2.04 bits per heavy atom. The molecule has 2 aromatic rings. The number of para-hydroxylation sites is 1. The molecule has 0 fully saturated rings. The van der Waals surface area contributed by atoms with Gasteiger partial charge in [0.15, 0.2) is 5.69 Å². The Bertz CT molecular complexity index is 705. The summed E-state index contributed by atoms with van der Waals surface area (Å²) >= 11 is 1.33. The molecular weight excluding hydrogens is 354 g/mol. The maximum Gasteiger partial charge on any atom is 0.357 e. The van der Waals surface area contributed by atoms with Crippen molar-refractivity contribution in [1.82, 2.24) is 9.88 Å². The number of hydrogen-bond donors (Lipinski definition) is 1. The molecule has 0 saturated heterocycles. The van der Waals surface area contributed by atoms with Crippen LogP contribution in [0.25, 0.3) is 0 Å². The summed E-state index contributed by atoms with van der Waals surface area (Å²) in [5, 5.41) is 5.19. The Kier molecular flexibility index (Phi) is 8.04. The van der Waals surface area contributed by atoms with Crippen LogP contribution in [0.1, 0.15) is 28.8 Å². The summed E-state index contributed by atoms with van der Waals surface area (Å²) < 4.78 is 10.0. The lowest BCUT2D eigenvalue weighted by Gasteiger charge is -2.22. The molecule has 2 rings (SSSR count). The zero-order chi connectivity index (χ0) is 18.8. The molecule has 0 aliphatic carbocycles. The second-order valence-corrected chi connectivity index (χ2v) is 6.35. The first kappa shape index (κ1) is 19.9. The molecule has 1 N–H and O–H groups in total. The zero-order valence-corrected chi connectivity index (χ0v) is 15.8. The highest BCUT2D eigenvalue weighted by atomic mass is 32.1. The van der Waals surface area contributed by atoms with Crippen LogP contribution in [-0.4, -0.2) is 48.8 Å². The van der Waals surface area contributed by atoms with E-state index < -0.39 is 5.97 Å². The van der Waals surface area contributed by atoms with Crippen molar-refractivity contribution < 1.29 is 19.1 Å². The largest absolute Gasteiger partial charge is 0.461 e. The van der Waals surface area contributed by atoms with Gasteiger partial charge in [0.1, 0.15) is 5.01 Å². The quantitative estimate of drug-likeness (QED) is 0.535. The lowest BCUT2D eigenvalue weighted by Crippen LogP contribution is -2.35. The van der Waals surface area contributed by atoms with Gasteiger partial charge in [-0.2, -0.15) is 0 Å². The molecular formula is C18H23N3O4S. The fraction of sp³-hybridized carbons (Fsp3) is 0.389. The first-order valence-electron chi connectivity index (χ1n) is 8.35. The number of carbonyl (C=O) groups excluding carboxylic acids is 2. The smallest absolute Gasteiger partial charge is 0.357 e. The molecule has 8 heteroatoms. The van der Waals surface area contributed by atoms with E-state index in [4.69, 9.17) is 9.47 Å². The molecule has 0 bridgehead atoms. The van der Waals surface area contributed by atoms with Crippen molar-refractivity contribution in [2.24, 2.45) is 0 Å². The highest BCUT2D eigenvalue weighted by Gasteiger charge is 2.18. The minimum Gasteiger partial charge on any atom is -0.461 e. The monoisotopic (exact) mass is 377 g/mol. The molecule has 140 valence electrons. The van der Waals surface area contributed by atoms with Crippen LogP contribution >= 0.6 is 11.3 Å². The van der Waals surface area contributed by atoms with Crippen LogP contribution in [0.2, 0.25) is 0 Å². The van der Waals surface area contributed by atoms with Gasteiger partial charge in [-0.3, -0.25) is 0 Å².